The summed E-state index contributed by atoms with van der Waals surface area (Å²) in [6.45, 7) is 4.96. The molecule has 0 aromatic heterocycles. The third kappa shape index (κ3) is 5.16. The van der Waals surface area contributed by atoms with E-state index in [9.17, 15) is 13.2 Å². The topological polar surface area (TPSA) is 75.7 Å². The number of carbonyl (C=O) groups excluding carboxylic acids is 1. The first-order valence-corrected chi connectivity index (χ1v) is 11.4. The van der Waals surface area contributed by atoms with Crippen LogP contribution in [0.2, 0.25) is 0 Å². The fourth-order valence-electron chi connectivity index (χ4n) is 3.55. The van der Waals surface area contributed by atoms with Gasteiger partial charge in [0.25, 0.3) is 0 Å². The highest BCUT2D eigenvalue weighted by Gasteiger charge is 2.33. The van der Waals surface area contributed by atoms with Gasteiger partial charge in [-0.2, -0.15) is 4.31 Å². The molecule has 1 fully saturated rings. The van der Waals surface area contributed by atoms with E-state index < -0.39 is 10.0 Å². The second kappa shape index (κ2) is 9.41. The van der Waals surface area contributed by atoms with Gasteiger partial charge in [-0.15, -0.1) is 0 Å². The largest absolute Gasteiger partial charge is 0.494 e. The van der Waals surface area contributed by atoms with Crippen molar-refractivity contribution in [3.8, 4) is 5.75 Å². The van der Waals surface area contributed by atoms with E-state index in [-0.39, 0.29) is 29.3 Å². The minimum Gasteiger partial charge on any atom is -0.494 e. The molecule has 3 rings (SSSR count). The van der Waals surface area contributed by atoms with Gasteiger partial charge in [0.05, 0.1) is 23.5 Å². The maximum absolute atomic E-state index is 13.0. The van der Waals surface area contributed by atoms with E-state index in [1.165, 1.54) is 4.31 Å². The monoisotopic (exact) mass is 416 g/mol. The Morgan fingerprint density at radius 1 is 1.17 bits per heavy atom. The normalized spacial score (nSPS) is 18.8. The van der Waals surface area contributed by atoms with Crippen LogP contribution in [0.3, 0.4) is 0 Å². The summed E-state index contributed by atoms with van der Waals surface area (Å²) in [5, 5.41) is 3.02. The molecule has 2 aromatic carbocycles. The highest BCUT2D eigenvalue weighted by Crippen LogP contribution is 2.26. The average Bonchev–Trinajstić information content (AvgIpc) is 2.75. The summed E-state index contributed by atoms with van der Waals surface area (Å²) in [4.78, 5) is 13.0. The van der Waals surface area contributed by atoms with Crippen LogP contribution in [0.15, 0.2) is 59.5 Å². The van der Waals surface area contributed by atoms with Gasteiger partial charge < -0.3 is 10.1 Å². The lowest BCUT2D eigenvalue weighted by molar-refractivity contribution is -0.126. The first-order valence-electron chi connectivity index (χ1n) is 10.00. The summed E-state index contributed by atoms with van der Waals surface area (Å²) in [5.74, 6) is 0.178. The van der Waals surface area contributed by atoms with Crippen LogP contribution < -0.4 is 10.1 Å². The SMILES string of the molecule is CCOc1ccc(S(=O)(=O)N2CCC[C@@H](C(=O)N[C@@H](C)c3ccccc3)C2)cc1. The number of amides is 1. The van der Waals surface area contributed by atoms with Crippen molar-refractivity contribution in [3.05, 3.63) is 60.2 Å². The first kappa shape index (κ1) is 21.3. The molecule has 1 saturated heterocycles. The van der Waals surface area contributed by atoms with Crippen LogP contribution in [0.25, 0.3) is 0 Å². The Morgan fingerprint density at radius 3 is 2.52 bits per heavy atom. The number of nitrogens with zero attached hydrogens (tertiary/aromatic N) is 1. The quantitative estimate of drug-likeness (QED) is 0.751. The Kier molecular flexibility index (Phi) is 6.92. The summed E-state index contributed by atoms with van der Waals surface area (Å²) in [7, 11) is -3.64. The molecule has 0 aliphatic carbocycles. The maximum atomic E-state index is 13.0. The second-order valence-corrected chi connectivity index (χ2v) is 9.19. The van der Waals surface area contributed by atoms with Crippen molar-refractivity contribution >= 4 is 15.9 Å². The van der Waals surface area contributed by atoms with Gasteiger partial charge >= 0.3 is 0 Å². The predicted molar refractivity (Wildman–Crippen MR) is 112 cm³/mol. The van der Waals surface area contributed by atoms with E-state index in [2.05, 4.69) is 5.32 Å². The van der Waals surface area contributed by atoms with Crippen LogP contribution >= 0.6 is 0 Å². The molecule has 6 nitrogen and oxygen atoms in total. The third-order valence-corrected chi connectivity index (χ3v) is 7.07. The van der Waals surface area contributed by atoms with Gasteiger partial charge in [-0.05, 0) is 56.5 Å². The highest BCUT2D eigenvalue weighted by atomic mass is 32.2. The van der Waals surface area contributed by atoms with E-state index in [1.54, 1.807) is 24.3 Å². The summed E-state index contributed by atoms with van der Waals surface area (Å²) in [6.07, 6.45) is 1.34. The standard InChI is InChI=1S/C22H28N2O4S/c1-3-28-20-11-13-21(14-12-20)29(26,27)24-15-7-10-19(16-24)22(25)23-17(2)18-8-5-4-6-9-18/h4-6,8-9,11-14,17,19H,3,7,10,15-16H2,1-2H3,(H,23,25)/t17-,19+/m0/s1. The van der Waals surface area contributed by atoms with Crippen molar-refractivity contribution in [1.82, 2.24) is 9.62 Å². The van der Waals surface area contributed by atoms with Crippen molar-refractivity contribution in [2.24, 2.45) is 5.92 Å². The fraction of sp³-hybridized carbons (Fsp3) is 0.409. The van der Waals surface area contributed by atoms with E-state index in [0.29, 0.717) is 31.7 Å². The van der Waals surface area contributed by atoms with Crippen molar-refractivity contribution < 1.29 is 17.9 Å². The predicted octanol–water partition coefficient (Wildman–Crippen LogP) is 3.36. The lowest BCUT2D eigenvalue weighted by Crippen LogP contribution is -2.45. The highest BCUT2D eigenvalue weighted by molar-refractivity contribution is 7.89. The molecule has 0 spiro atoms. The van der Waals surface area contributed by atoms with Gasteiger partial charge in [-0.1, -0.05) is 30.3 Å². The molecule has 2 aromatic rings. The number of sulfonamides is 1. The van der Waals surface area contributed by atoms with Gasteiger partial charge in [-0.3, -0.25) is 4.79 Å². The zero-order valence-corrected chi connectivity index (χ0v) is 17.7. The fourth-order valence-corrected chi connectivity index (χ4v) is 5.08. The molecule has 0 bridgehead atoms. The Bertz CT molecular complexity index is 914. The van der Waals surface area contributed by atoms with Crippen LogP contribution in [0.4, 0.5) is 0 Å². The Morgan fingerprint density at radius 2 is 1.86 bits per heavy atom. The number of piperidine rings is 1. The zero-order chi connectivity index (χ0) is 20.9. The average molecular weight is 417 g/mol. The van der Waals surface area contributed by atoms with Gasteiger partial charge in [0.1, 0.15) is 5.75 Å². The van der Waals surface area contributed by atoms with Gasteiger partial charge in [0, 0.05) is 13.1 Å². The first-order chi connectivity index (χ1) is 13.9. The third-order valence-electron chi connectivity index (χ3n) is 5.19. The molecule has 29 heavy (non-hydrogen) atoms. The molecule has 1 N–H and O–H groups in total. The molecule has 1 heterocycles. The second-order valence-electron chi connectivity index (χ2n) is 7.25. The molecule has 2 atom stereocenters. The van der Waals surface area contributed by atoms with Gasteiger partial charge in [0.2, 0.25) is 15.9 Å². The summed E-state index contributed by atoms with van der Waals surface area (Å²) in [6, 6.07) is 16.0. The van der Waals surface area contributed by atoms with Crippen LogP contribution in [0, 0.1) is 5.92 Å². The molecule has 0 unspecified atom stereocenters. The number of hydrogen-bond donors (Lipinski definition) is 1. The van der Waals surface area contributed by atoms with Crippen LogP contribution in [-0.2, 0) is 14.8 Å². The minimum absolute atomic E-state index is 0.104. The number of hydrogen-bond acceptors (Lipinski definition) is 4. The van der Waals surface area contributed by atoms with Gasteiger partial charge in [0.15, 0.2) is 0 Å². The number of benzene rings is 2. The van der Waals surface area contributed by atoms with Crippen molar-refractivity contribution in [1.29, 1.82) is 0 Å². The molecular formula is C22H28N2O4S. The zero-order valence-electron chi connectivity index (χ0n) is 16.9. The van der Waals surface area contributed by atoms with Crippen molar-refractivity contribution in [2.75, 3.05) is 19.7 Å². The van der Waals surface area contributed by atoms with Crippen LogP contribution in [-0.4, -0.2) is 38.3 Å². The summed E-state index contributed by atoms with van der Waals surface area (Å²) < 4.78 is 32.8. The molecule has 1 aliphatic rings. The number of carbonyl (C=O) groups is 1. The van der Waals surface area contributed by atoms with E-state index in [4.69, 9.17) is 4.74 Å². The molecular weight excluding hydrogens is 388 g/mol. The Balaban J connectivity index is 1.66. The van der Waals surface area contributed by atoms with E-state index in [0.717, 1.165) is 5.56 Å². The van der Waals surface area contributed by atoms with Crippen molar-refractivity contribution in [3.63, 3.8) is 0 Å². The van der Waals surface area contributed by atoms with E-state index >= 15 is 0 Å². The summed E-state index contributed by atoms with van der Waals surface area (Å²) >= 11 is 0. The Labute approximate surface area is 172 Å². The van der Waals surface area contributed by atoms with Crippen LogP contribution in [0.5, 0.6) is 5.75 Å². The maximum Gasteiger partial charge on any atom is 0.243 e. The van der Waals surface area contributed by atoms with Crippen LogP contribution in [0.1, 0.15) is 38.3 Å². The molecule has 0 radical (unpaired) electrons. The lowest BCUT2D eigenvalue weighted by atomic mass is 9.98. The molecule has 0 saturated carbocycles. The molecule has 156 valence electrons. The number of nitrogens with one attached hydrogen (secondary N) is 1. The number of rotatable bonds is 7. The smallest absolute Gasteiger partial charge is 0.243 e. The minimum atomic E-state index is -3.64. The molecule has 1 amide bonds. The van der Waals surface area contributed by atoms with Gasteiger partial charge in [-0.25, -0.2) is 8.42 Å². The number of ether oxygens (including phenoxy) is 1. The summed E-state index contributed by atoms with van der Waals surface area (Å²) in [5.41, 5.74) is 1.02. The van der Waals surface area contributed by atoms with E-state index in [1.807, 2.05) is 44.2 Å². The molecule has 1 aliphatic heterocycles. The lowest BCUT2D eigenvalue weighted by Gasteiger charge is -2.32. The van der Waals surface area contributed by atoms with Crippen molar-refractivity contribution in [2.45, 2.75) is 37.6 Å². The molecule has 7 heteroatoms. The Hall–Kier alpha value is -2.38.